The van der Waals surface area contributed by atoms with Gasteiger partial charge in [-0.3, -0.25) is 0 Å². The molecule has 0 amide bonds. The summed E-state index contributed by atoms with van der Waals surface area (Å²) in [6, 6.07) is 6.40. The third kappa shape index (κ3) is 1.60. The molecule has 1 unspecified atom stereocenters. The molecule has 0 bridgehead atoms. The van der Waals surface area contributed by atoms with E-state index >= 15 is 0 Å². The summed E-state index contributed by atoms with van der Waals surface area (Å²) in [5.74, 6) is 0. The molecule has 0 N–H and O–H groups in total. The maximum absolute atomic E-state index is 5.47. The molecule has 0 saturated heterocycles. The maximum Gasteiger partial charge on any atom is 0.183 e. The van der Waals surface area contributed by atoms with Crippen LogP contribution in [0.3, 0.4) is 0 Å². The van der Waals surface area contributed by atoms with Crippen LogP contribution in [0.15, 0.2) is 18.2 Å². The summed E-state index contributed by atoms with van der Waals surface area (Å²) in [6.45, 7) is 2.87. The van der Waals surface area contributed by atoms with Crippen molar-refractivity contribution < 1.29 is 9.47 Å². The minimum absolute atomic E-state index is 0.163. The Bertz CT molecular complexity index is 307. The van der Waals surface area contributed by atoms with Crippen molar-refractivity contribution >= 4 is 0 Å². The van der Waals surface area contributed by atoms with E-state index in [4.69, 9.17) is 9.47 Å². The molecular weight excluding hydrogens is 164 g/mol. The normalized spacial score (nSPS) is 21.2. The number of hydrogen-bond acceptors (Lipinski definition) is 2. The van der Waals surface area contributed by atoms with Crippen LogP contribution in [-0.2, 0) is 15.9 Å². The van der Waals surface area contributed by atoms with Crippen LogP contribution >= 0.6 is 0 Å². The quantitative estimate of drug-likeness (QED) is 0.656. The topological polar surface area (TPSA) is 18.5 Å². The largest absolute Gasteiger partial charge is 0.352 e. The van der Waals surface area contributed by atoms with Crippen molar-refractivity contribution in [2.45, 2.75) is 19.6 Å². The van der Waals surface area contributed by atoms with E-state index < -0.39 is 0 Å². The highest BCUT2D eigenvalue weighted by molar-refractivity contribution is 5.33. The molecule has 1 aromatic carbocycles. The van der Waals surface area contributed by atoms with E-state index in [9.17, 15) is 0 Å². The van der Waals surface area contributed by atoms with Gasteiger partial charge in [-0.1, -0.05) is 23.8 Å². The summed E-state index contributed by atoms with van der Waals surface area (Å²) < 4.78 is 10.7. The van der Waals surface area contributed by atoms with Crippen molar-refractivity contribution in [2.24, 2.45) is 0 Å². The van der Waals surface area contributed by atoms with Crippen molar-refractivity contribution in [3.05, 3.63) is 34.9 Å². The highest BCUT2D eigenvalue weighted by Crippen LogP contribution is 2.27. The Balaban J connectivity index is 2.40. The Kier molecular flexibility index (Phi) is 2.34. The molecule has 0 radical (unpaired) electrons. The Morgan fingerprint density at radius 1 is 1.46 bits per heavy atom. The Morgan fingerprint density at radius 3 is 3.08 bits per heavy atom. The number of fused-ring (bicyclic) bond motifs is 1. The number of ether oxygens (including phenoxy) is 2. The summed E-state index contributed by atoms with van der Waals surface area (Å²) in [5.41, 5.74) is 3.84. The highest BCUT2D eigenvalue weighted by Gasteiger charge is 2.19. The van der Waals surface area contributed by atoms with Gasteiger partial charge in [0, 0.05) is 12.7 Å². The van der Waals surface area contributed by atoms with Gasteiger partial charge in [0.15, 0.2) is 6.29 Å². The molecule has 0 aromatic heterocycles. The summed E-state index contributed by atoms with van der Waals surface area (Å²) in [5, 5.41) is 0. The third-order valence-corrected chi connectivity index (χ3v) is 2.41. The molecule has 1 aliphatic rings. The van der Waals surface area contributed by atoms with E-state index in [1.165, 1.54) is 16.7 Å². The van der Waals surface area contributed by atoms with Crippen LogP contribution in [0.5, 0.6) is 0 Å². The molecule has 1 atom stereocenters. The molecule has 0 aliphatic carbocycles. The van der Waals surface area contributed by atoms with E-state index in [-0.39, 0.29) is 6.29 Å². The van der Waals surface area contributed by atoms with Crippen LogP contribution in [0.4, 0.5) is 0 Å². The smallest absolute Gasteiger partial charge is 0.183 e. The maximum atomic E-state index is 5.47. The highest BCUT2D eigenvalue weighted by atomic mass is 16.7. The molecule has 0 spiro atoms. The molecule has 13 heavy (non-hydrogen) atoms. The van der Waals surface area contributed by atoms with Gasteiger partial charge >= 0.3 is 0 Å². The van der Waals surface area contributed by atoms with Crippen LogP contribution in [-0.4, -0.2) is 13.7 Å². The Morgan fingerprint density at radius 2 is 2.31 bits per heavy atom. The standard InChI is InChI=1S/C11H14O2/c1-8-3-4-10-9(7-8)5-6-13-11(10)12-2/h3-4,7,11H,5-6H2,1-2H3. The molecule has 2 nitrogen and oxygen atoms in total. The zero-order valence-corrected chi connectivity index (χ0v) is 8.04. The molecule has 2 rings (SSSR count). The second kappa shape index (κ2) is 3.48. The lowest BCUT2D eigenvalue weighted by Crippen LogP contribution is -2.17. The first kappa shape index (κ1) is 8.73. The van der Waals surface area contributed by atoms with Gasteiger partial charge < -0.3 is 9.47 Å². The third-order valence-electron chi connectivity index (χ3n) is 2.41. The monoisotopic (exact) mass is 178 g/mol. The van der Waals surface area contributed by atoms with Crippen LogP contribution in [0.1, 0.15) is 23.0 Å². The second-order valence-electron chi connectivity index (χ2n) is 3.39. The van der Waals surface area contributed by atoms with E-state index in [0.29, 0.717) is 0 Å². The number of aryl methyl sites for hydroxylation is 1. The van der Waals surface area contributed by atoms with Crippen LogP contribution in [0.25, 0.3) is 0 Å². The predicted molar refractivity (Wildman–Crippen MR) is 50.6 cm³/mol. The summed E-state index contributed by atoms with van der Waals surface area (Å²) in [7, 11) is 1.68. The Hall–Kier alpha value is -0.860. The van der Waals surface area contributed by atoms with Gasteiger partial charge in [-0.15, -0.1) is 0 Å². The van der Waals surface area contributed by atoms with E-state index in [1.807, 2.05) is 0 Å². The molecule has 0 saturated carbocycles. The molecule has 1 aliphatic heterocycles. The van der Waals surface area contributed by atoms with Gasteiger partial charge in [-0.25, -0.2) is 0 Å². The zero-order valence-electron chi connectivity index (χ0n) is 8.04. The molecule has 0 fully saturated rings. The second-order valence-corrected chi connectivity index (χ2v) is 3.39. The van der Waals surface area contributed by atoms with E-state index in [2.05, 4.69) is 25.1 Å². The molecule has 1 heterocycles. The molecule has 70 valence electrons. The SMILES string of the molecule is COC1OCCc2cc(C)ccc21. The fourth-order valence-electron chi connectivity index (χ4n) is 1.74. The van der Waals surface area contributed by atoms with Gasteiger partial charge in [-0.05, 0) is 18.9 Å². The fraction of sp³-hybridized carbons (Fsp3) is 0.455. The minimum Gasteiger partial charge on any atom is -0.352 e. The van der Waals surface area contributed by atoms with Crippen molar-refractivity contribution in [2.75, 3.05) is 13.7 Å². The lowest BCUT2D eigenvalue weighted by atomic mass is 10.00. The first-order valence-corrected chi connectivity index (χ1v) is 4.55. The summed E-state index contributed by atoms with van der Waals surface area (Å²) in [6.07, 6.45) is 0.834. The average molecular weight is 178 g/mol. The van der Waals surface area contributed by atoms with Crippen molar-refractivity contribution in [1.82, 2.24) is 0 Å². The minimum atomic E-state index is -0.163. The van der Waals surface area contributed by atoms with Crippen molar-refractivity contribution in [1.29, 1.82) is 0 Å². The average Bonchev–Trinajstić information content (AvgIpc) is 2.16. The number of benzene rings is 1. The van der Waals surface area contributed by atoms with E-state index in [1.54, 1.807) is 7.11 Å². The Labute approximate surface area is 78.5 Å². The van der Waals surface area contributed by atoms with Crippen LogP contribution in [0.2, 0.25) is 0 Å². The van der Waals surface area contributed by atoms with E-state index in [0.717, 1.165) is 13.0 Å². The number of hydrogen-bond donors (Lipinski definition) is 0. The fourth-order valence-corrected chi connectivity index (χ4v) is 1.74. The van der Waals surface area contributed by atoms with Gasteiger partial charge in [0.25, 0.3) is 0 Å². The van der Waals surface area contributed by atoms with Crippen LogP contribution in [0, 0.1) is 6.92 Å². The lowest BCUT2D eigenvalue weighted by molar-refractivity contribution is -0.134. The first-order valence-electron chi connectivity index (χ1n) is 4.55. The van der Waals surface area contributed by atoms with Gasteiger partial charge in [0.1, 0.15) is 0 Å². The first-order chi connectivity index (χ1) is 6.31. The predicted octanol–water partition coefficient (Wildman–Crippen LogP) is 2.21. The molecule has 1 aromatic rings. The van der Waals surface area contributed by atoms with Crippen molar-refractivity contribution in [3.8, 4) is 0 Å². The molecule has 2 heteroatoms. The van der Waals surface area contributed by atoms with Crippen LogP contribution < -0.4 is 0 Å². The van der Waals surface area contributed by atoms with Gasteiger partial charge in [-0.2, -0.15) is 0 Å². The van der Waals surface area contributed by atoms with Gasteiger partial charge in [0.2, 0.25) is 0 Å². The zero-order chi connectivity index (χ0) is 9.26. The number of methoxy groups -OCH3 is 1. The van der Waals surface area contributed by atoms with Crippen molar-refractivity contribution in [3.63, 3.8) is 0 Å². The lowest BCUT2D eigenvalue weighted by Gasteiger charge is -2.24. The number of rotatable bonds is 1. The van der Waals surface area contributed by atoms with Gasteiger partial charge in [0.05, 0.1) is 6.61 Å². The summed E-state index contributed by atoms with van der Waals surface area (Å²) in [4.78, 5) is 0. The molecular formula is C11H14O2. The summed E-state index contributed by atoms with van der Waals surface area (Å²) >= 11 is 0.